The highest BCUT2D eigenvalue weighted by molar-refractivity contribution is 5.73. The number of rotatable bonds is 5. The first-order valence-electron chi connectivity index (χ1n) is 7.04. The molecular formula is C17H21N3O. The molecule has 0 bridgehead atoms. The number of pyridine rings is 1. The summed E-state index contributed by atoms with van der Waals surface area (Å²) in [4.78, 5) is 17.3. The standard InChI is InChI=1S/C17H21N3O/c1-13(15-8-6-10-18-11-15)19-17-9-5-4-7-16(17)12-20(3)14(2)21/h4-11,13,19H,12H2,1-3H3. The van der Waals surface area contributed by atoms with Crippen LogP contribution in [-0.2, 0) is 11.3 Å². The fourth-order valence-electron chi connectivity index (χ4n) is 2.11. The second-order valence-corrected chi connectivity index (χ2v) is 5.18. The Morgan fingerprint density at radius 3 is 2.71 bits per heavy atom. The maximum Gasteiger partial charge on any atom is 0.219 e. The van der Waals surface area contributed by atoms with Gasteiger partial charge in [0.2, 0.25) is 5.91 Å². The average molecular weight is 283 g/mol. The number of amides is 1. The molecule has 21 heavy (non-hydrogen) atoms. The van der Waals surface area contributed by atoms with Crippen molar-refractivity contribution >= 4 is 11.6 Å². The van der Waals surface area contributed by atoms with Crippen molar-refractivity contribution < 1.29 is 4.79 Å². The normalized spacial score (nSPS) is 11.8. The van der Waals surface area contributed by atoms with E-state index in [0.29, 0.717) is 6.54 Å². The second-order valence-electron chi connectivity index (χ2n) is 5.18. The Balaban J connectivity index is 2.15. The third-order valence-corrected chi connectivity index (χ3v) is 3.52. The van der Waals surface area contributed by atoms with Gasteiger partial charge in [-0.3, -0.25) is 9.78 Å². The number of benzene rings is 1. The molecule has 110 valence electrons. The van der Waals surface area contributed by atoms with Crippen molar-refractivity contribution in [2.75, 3.05) is 12.4 Å². The third-order valence-electron chi connectivity index (χ3n) is 3.52. The third kappa shape index (κ3) is 4.05. The molecule has 1 atom stereocenters. The van der Waals surface area contributed by atoms with E-state index >= 15 is 0 Å². The van der Waals surface area contributed by atoms with Crippen LogP contribution in [0.3, 0.4) is 0 Å². The lowest BCUT2D eigenvalue weighted by Crippen LogP contribution is -2.23. The lowest BCUT2D eigenvalue weighted by Gasteiger charge is -2.21. The summed E-state index contributed by atoms with van der Waals surface area (Å²) >= 11 is 0. The molecule has 1 N–H and O–H groups in total. The second kappa shape index (κ2) is 6.88. The monoisotopic (exact) mass is 283 g/mol. The van der Waals surface area contributed by atoms with Gasteiger partial charge in [0.05, 0.1) is 6.04 Å². The summed E-state index contributed by atoms with van der Waals surface area (Å²) in [6, 6.07) is 12.2. The summed E-state index contributed by atoms with van der Waals surface area (Å²) in [5.74, 6) is 0.0603. The highest BCUT2D eigenvalue weighted by Gasteiger charge is 2.10. The topological polar surface area (TPSA) is 45.2 Å². The molecule has 1 aromatic carbocycles. The molecule has 1 heterocycles. The van der Waals surface area contributed by atoms with Gasteiger partial charge in [-0.25, -0.2) is 0 Å². The highest BCUT2D eigenvalue weighted by Crippen LogP contribution is 2.22. The SMILES string of the molecule is CC(=O)N(C)Cc1ccccc1NC(C)c1cccnc1. The van der Waals surface area contributed by atoms with Crippen molar-refractivity contribution in [3.63, 3.8) is 0 Å². The zero-order valence-electron chi connectivity index (χ0n) is 12.7. The number of nitrogens with one attached hydrogen (secondary N) is 1. The summed E-state index contributed by atoms with van der Waals surface area (Å²) < 4.78 is 0. The van der Waals surface area contributed by atoms with Crippen LogP contribution in [0.4, 0.5) is 5.69 Å². The van der Waals surface area contributed by atoms with Crippen LogP contribution in [0.2, 0.25) is 0 Å². The number of aromatic nitrogens is 1. The first-order chi connectivity index (χ1) is 10.1. The number of carbonyl (C=O) groups is 1. The fraction of sp³-hybridized carbons (Fsp3) is 0.294. The minimum absolute atomic E-state index is 0.0603. The number of carbonyl (C=O) groups excluding carboxylic acids is 1. The van der Waals surface area contributed by atoms with Gasteiger partial charge in [-0.05, 0) is 30.2 Å². The summed E-state index contributed by atoms with van der Waals surface area (Å²) in [6.45, 7) is 4.27. The number of para-hydroxylation sites is 1. The van der Waals surface area contributed by atoms with E-state index in [4.69, 9.17) is 0 Å². The van der Waals surface area contributed by atoms with Crippen LogP contribution in [0.1, 0.15) is 31.0 Å². The average Bonchev–Trinajstić information content (AvgIpc) is 2.50. The number of hydrogen-bond donors (Lipinski definition) is 1. The van der Waals surface area contributed by atoms with Crippen molar-refractivity contribution in [1.29, 1.82) is 0 Å². The Bertz CT molecular complexity index is 598. The summed E-state index contributed by atoms with van der Waals surface area (Å²) in [6.07, 6.45) is 3.63. The van der Waals surface area contributed by atoms with Crippen molar-refractivity contribution in [2.24, 2.45) is 0 Å². The van der Waals surface area contributed by atoms with Gasteiger partial charge in [-0.2, -0.15) is 0 Å². The van der Waals surface area contributed by atoms with E-state index < -0.39 is 0 Å². The molecule has 2 rings (SSSR count). The lowest BCUT2D eigenvalue weighted by molar-refractivity contribution is -0.128. The Kier molecular flexibility index (Phi) is 4.93. The maximum absolute atomic E-state index is 11.4. The molecule has 0 aliphatic carbocycles. The summed E-state index contributed by atoms with van der Waals surface area (Å²) in [5.41, 5.74) is 3.28. The van der Waals surface area contributed by atoms with Crippen LogP contribution in [0, 0.1) is 0 Å². The van der Waals surface area contributed by atoms with Crippen LogP contribution in [-0.4, -0.2) is 22.8 Å². The molecule has 2 aromatic rings. The first-order valence-corrected chi connectivity index (χ1v) is 7.04. The van der Waals surface area contributed by atoms with E-state index in [1.807, 2.05) is 43.6 Å². The molecule has 4 nitrogen and oxygen atoms in total. The van der Waals surface area contributed by atoms with E-state index in [2.05, 4.69) is 23.3 Å². The van der Waals surface area contributed by atoms with E-state index in [1.54, 1.807) is 18.0 Å². The molecule has 1 amide bonds. The van der Waals surface area contributed by atoms with E-state index in [1.165, 1.54) is 0 Å². The van der Waals surface area contributed by atoms with Crippen LogP contribution in [0.15, 0.2) is 48.8 Å². The highest BCUT2D eigenvalue weighted by atomic mass is 16.2. The van der Waals surface area contributed by atoms with Crippen LogP contribution in [0.5, 0.6) is 0 Å². The first kappa shape index (κ1) is 15.0. The van der Waals surface area contributed by atoms with Crippen molar-refractivity contribution in [2.45, 2.75) is 26.4 Å². The van der Waals surface area contributed by atoms with Gasteiger partial charge in [0.25, 0.3) is 0 Å². The largest absolute Gasteiger partial charge is 0.378 e. The quantitative estimate of drug-likeness (QED) is 0.916. The molecule has 0 aliphatic heterocycles. The molecule has 0 fully saturated rings. The molecule has 4 heteroatoms. The van der Waals surface area contributed by atoms with Gasteiger partial charge in [0.1, 0.15) is 0 Å². The smallest absolute Gasteiger partial charge is 0.219 e. The summed E-state index contributed by atoms with van der Waals surface area (Å²) in [5, 5.41) is 3.49. The van der Waals surface area contributed by atoms with Gasteiger partial charge in [0.15, 0.2) is 0 Å². The zero-order chi connectivity index (χ0) is 15.2. The predicted octanol–water partition coefficient (Wildman–Crippen LogP) is 3.23. The van der Waals surface area contributed by atoms with Gasteiger partial charge < -0.3 is 10.2 Å². The van der Waals surface area contributed by atoms with Crippen LogP contribution < -0.4 is 5.32 Å². The van der Waals surface area contributed by atoms with Crippen LogP contribution >= 0.6 is 0 Å². The Morgan fingerprint density at radius 1 is 1.29 bits per heavy atom. The fourth-order valence-corrected chi connectivity index (χ4v) is 2.11. The van der Waals surface area contributed by atoms with Gasteiger partial charge >= 0.3 is 0 Å². The van der Waals surface area contributed by atoms with E-state index in [-0.39, 0.29) is 11.9 Å². The number of anilines is 1. The summed E-state index contributed by atoms with van der Waals surface area (Å²) in [7, 11) is 1.81. The molecule has 0 saturated carbocycles. The molecule has 0 radical (unpaired) electrons. The molecule has 1 unspecified atom stereocenters. The van der Waals surface area contributed by atoms with Crippen molar-refractivity contribution in [3.05, 3.63) is 59.9 Å². The Labute approximate surface area is 125 Å². The van der Waals surface area contributed by atoms with Gasteiger partial charge in [-0.15, -0.1) is 0 Å². The number of nitrogens with zero attached hydrogens (tertiary/aromatic N) is 2. The predicted molar refractivity (Wildman–Crippen MR) is 84.9 cm³/mol. The van der Waals surface area contributed by atoms with E-state index in [9.17, 15) is 4.79 Å². The van der Waals surface area contributed by atoms with E-state index in [0.717, 1.165) is 16.8 Å². The maximum atomic E-state index is 11.4. The zero-order valence-corrected chi connectivity index (χ0v) is 12.7. The number of hydrogen-bond acceptors (Lipinski definition) is 3. The Morgan fingerprint density at radius 2 is 2.05 bits per heavy atom. The van der Waals surface area contributed by atoms with Gasteiger partial charge in [-0.1, -0.05) is 24.3 Å². The van der Waals surface area contributed by atoms with Crippen molar-refractivity contribution in [1.82, 2.24) is 9.88 Å². The molecular weight excluding hydrogens is 262 g/mol. The molecule has 1 aromatic heterocycles. The van der Waals surface area contributed by atoms with Crippen LogP contribution in [0.25, 0.3) is 0 Å². The minimum atomic E-state index is 0.0603. The minimum Gasteiger partial charge on any atom is -0.378 e. The van der Waals surface area contributed by atoms with Gasteiger partial charge in [0, 0.05) is 38.6 Å². The Hall–Kier alpha value is -2.36. The molecule has 0 saturated heterocycles. The molecule has 0 aliphatic rings. The van der Waals surface area contributed by atoms with Crippen molar-refractivity contribution in [3.8, 4) is 0 Å². The molecule has 0 spiro atoms. The lowest BCUT2D eigenvalue weighted by atomic mass is 10.1.